The maximum Gasteiger partial charge on any atom is 0.329 e. The minimum Gasteiger partial charge on any atom is -0.480 e. The Kier molecular flexibility index (Phi) is 6.87. The van der Waals surface area contributed by atoms with Crippen molar-refractivity contribution in [3.8, 4) is 11.5 Å². The molecule has 1 saturated heterocycles. The van der Waals surface area contributed by atoms with Crippen LogP contribution in [0, 0.1) is 0 Å². The summed E-state index contributed by atoms with van der Waals surface area (Å²) in [6, 6.07) is 11.9. The van der Waals surface area contributed by atoms with Crippen molar-refractivity contribution in [3.63, 3.8) is 0 Å². The van der Waals surface area contributed by atoms with E-state index in [1.807, 2.05) is 24.3 Å². The van der Waals surface area contributed by atoms with Crippen LogP contribution in [0.25, 0.3) is 0 Å². The molecule has 156 valence electrons. The SMILES string of the molecule is CCC1(c2cccc(Oc3cccnc3)c2)CCC(C)(CCOCC(=O)O)OC1. The first kappa shape index (κ1) is 21.3. The van der Waals surface area contributed by atoms with Crippen molar-refractivity contribution < 1.29 is 24.1 Å². The molecule has 1 fully saturated rings. The number of carbonyl (C=O) groups is 1. The molecular weight excluding hydrogens is 370 g/mol. The lowest BCUT2D eigenvalue weighted by Gasteiger charge is -2.45. The van der Waals surface area contributed by atoms with Gasteiger partial charge in [0.2, 0.25) is 0 Å². The molecular formula is C23H29NO5. The Morgan fingerprint density at radius 2 is 2.07 bits per heavy atom. The van der Waals surface area contributed by atoms with Crippen LogP contribution in [0.4, 0.5) is 0 Å². The molecule has 0 bridgehead atoms. The molecule has 2 atom stereocenters. The molecule has 0 saturated carbocycles. The van der Waals surface area contributed by atoms with Crippen molar-refractivity contribution in [2.45, 2.75) is 50.5 Å². The zero-order chi connectivity index (χ0) is 20.7. The summed E-state index contributed by atoms with van der Waals surface area (Å²) in [7, 11) is 0. The van der Waals surface area contributed by atoms with Gasteiger partial charge in [-0.1, -0.05) is 19.1 Å². The van der Waals surface area contributed by atoms with Crippen LogP contribution < -0.4 is 4.74 Å². The molecule has 29 heavy (non-hydrogen) atoms. The Morgan fingerprint density at radius 1 is 1.24 bits per heavy atom. The zero-order valence-electron chi connectivity index (χ0n) is 17.1. The topological polar surface area (TPSA) is 77.9 Å². The molecule has 3 rings (SSSR count). The quantitative estimate of drug-likeness (QED) is 0.622. The summed E-state index contributed by atoms with van der Waals surface area (Å²) in [6.07, 6.45) is 6.96. The van der Waals surface area contributed by atoms with Crippen LogP contribution in [0.3, 0.4) is 0 Å². The van der Waals surface area contributed by atoms with Crippen molar-refractivity contribution in [2.24, 2.45) is 0 Å². The Balaban J connectivity index is 1.65. The summed E-state index contributed by atoms with van der Waals surface area (Å²) >= 11 is 0. The minimum atomic E-state index is -0.946. The van der Waals surface area contributed by atoms with Crippen LogP contribution in [0.1, 0.15) is 45.1 Å². The molecule has 2 aromatic rings. The van der Waals surface area contributed by atoms with Gasteiger partial charge in [-0.15, -0.1) is 0 Å². The van der Waals surface area contributed by atoms with Gasteiger partial charge in [-0.3, -0.25) is 4.98 Å². The van der Waals surface area contributed by atoms with Crippen molar-refractivity contribution >= 4 is 5.97 Å². The Labute approximate surface area is 171 Å². The second kappa shape index (κ2) is 9.37. The smallest absolute Gasteiger partial charge is 0.329 e. The number of ether oxygens (including phenoxy) is 3. The lowest BCUT2D eigenvalue weighted by Crippen LogP contribution is -2.45. The third-order valence-electron chi connectivity index (χ3n) is 5.82. The predicted molar refractivity (Wildman–Crippen MR) is 109 cm³/mol. The molecule has 1 aliphatic rings. The van der Waals surface area contributed by atoms with Gasteiger partial charge in [-0.05, 0) is 62.4 Å². The van der Waals surface area contributed by atoms with E-state index in [2.05, 4.69) is 31.0 Å². The molecule has 0 radical (unpaired) electrons. The number of hydrogen-bond acceptors (Lipinski definition) is 5. The number of aliphatic carboxylic acids is 1. The number of carboxylic acid groups (broad SMARTS) is 1. The van der Waals surface area contributed by atoms with E-state index in [1.54, 1.807) is 12.4 Å². The second-order valence-corrected chi connectivity index (χ2v) is 7.89. The molecule has 6 nitrogen and oxygen atoms in total. The third kappa shape index (κ3) is 5.55. The van der Waals surface area contributed by atoms with Gasteiger partial charge in [0.05, 0.1) is 25.0 Å². The molecule has 6 heteroatoms. The first-order valence-corrected chi connectivity index (χ1v) is 10.1. The molecule has 1 aromatic heterocycles. The highest BCUT2D eigenvalue weighted by atomic mass is 16.5. The predicted octanol–water partition coefficient (Wildman–Crippen LogP) is 4.58. The molecule has 1 aromatic carbocycles. The lowest BCUT2D eigenvalue weighted by atomic mass is 9.71. The van der Waals surface area contributed by atoms with Gasteiger partial charge >= 0.3 is 5.97 Å². The maximum atomic E-state index is 10.6. The first-order valence-electron chi connectivity index (χ1n) is 10.1. The summed E-state index contributed by atoms with van der Waals surface area (Å²) < 4.78 is 17.5. The Morgan fingerprint density at radius 3 is 2.72 bits per heavy atom. The first-order chi connectivity index (χ1) is 13.9. The number of rotatable bonds is 9. The number of nitrogens with zero attached hydrogens (tertiary/aromatic N) is 1. The van der Waals surface area contributed by atoms with Crippen LogP contribution in [0.2, 0.25) is 0 Å². The average molecular weight is 399 g/mol. The van der Waals surface area contributed by atoms with Gasteiger partial charge in [-0.2, -0.15) is 0 Å². The van der Waals surface area contributed by atoms with E-state index < -0.39 is 5.97 Å². The summed E-state index contributed by atoms with van der Waals surface area (Å²) in [5.41, 5.74) is 0.863. The highest BCUT2D eigenvalue weighted by molar-refractivity contribution is 5.67. The van der Waals surface area contributed by atoms with E-state index in [9.17, 15) is 4.79 Å². The van der Waals surface area contributed by atoms with Gasteiger partial charge in [0, 0.05) is 11.6 Å². The van der Waals surface area contributed by atoms with Crippen LogP contribution in [0.5, 0.6) is 11.5 Å². The van der Waals surface area contributed by atoms with E-state index in [4.69, 9.17) is 19.3 Å². The Hall–Kier alpha value is -2.44. The maximum absolute atomic E-state index is 10.6. The fourth-order valence-corrected chi connectivity index (χ4v) is 3.75. The van der Waals surface area contributed by atoms with Crippen molar-refractivity contribution in [2.75, 3.05) is 19.8 Å². The van der Waals surface area contributed by atoms with Gasteiger partial charge in [0.1, 0.15) is 18.1 Å². The molecule has 1 N–H and O–H groups in total. The molecule has 0 amide bonds. The minimum absolute atomic E-state index is 0.0598. The van der Waals surface area contributed by atoms with Crippen molar-refractivity contribution in [1.29, 1.82) is 0 Å². The number of aromatic nitrogens is 1. The largest absolute Gasteiger partial charge is 0.480 e. The van der Waals surface area contributed by atoms with Crippen LogP contribution in [-0.4, -0.2) is 41.5 Å². The fraction of sp³-hybridized carbons (Fsp3) is 0.478. The van der Waals surface area contributed by atoms with Gasteiger partial charge < -0.3 is 19.3 Å². The van der Waals surface area contributed by atoms with Gasteiger partial charge in [-0.25, -0.2) is 4.79 Å². The standard InChI is InChI=1S/C23H29NO5/c1-3-23(10-9-22(2,28-17-23)11-13-27-16-21(25)26)18-6-4-7-19(14-18)29-20-8-5-12-24-15-20/h4-8,12,14-15H,3,9-11,13,16-17H2,1-2H3,(H,25,26). The number of pyridine rings is 1. The summed E-state index contributed by atoms with van der Waals surface area (Å²) in [4.78, 5) is 14.7. The molecule has 1 aliphatic heterocycles. The highest BCUT2D eigenvalue weighted by Gasteiger charge is 2.41. The van der Waals surface area contributed by atoms with E-state index in [0.29, 0.717) is 25.4 Å². The lowest BCUT2D eigenvalue weighted by molar-refractivity contribution is -0.144. The average Bonchev–Trinajstić information content (AvgIpc) is 2.73. The van der Waals surface area contributed by atoms with E-state index in [0.717, 1.165) is 25.0 Å². The number of benzene rings is 1. The van der Waals surface area contributed by atoms with Crippen molar-refractivity contribution in [3.05, 3.63) is 54.4 Å². The fourth-order valence-electron chi connectivity index (χ4n) is 3.75. The molecule has 2 unspecified atom stereocenters. The molecule has 0 spiro atoms. The summed E-state index contributed by atoms with van der Waals surface area (Å²) in [6.45, 7) is 5.01. The monoisotopic (exact) mass is 399 g/mol. The highest BCUT2D eigenvalue weighted by Crippen LogP contribution is 2.43. The van der Waals surface area contributed by atoms with Crippen LogP contribution in [0.15, 0.2) is 48.8 Å². The van der Waals surface area contributed by atoms with E-state index in [-0.39, 0.29) is 17.6 Å². The zero-order valence-corrected chi connectivity index (χ0v) is 17.1. The van der Waals surface area contributed by atoms with Gasteiger partial charge in [0.15, 0.2) is 0 Å². The normalized spacial score (nSPS) is 24.2. The number of hydrogen-bond donors (Lipinski definition) is 1. The summed E-state index contributed by atoms with van der Waals surface area (Å²) in [5, 5.41) is 8.69. The molecule has 0 aliphatic carbocycles. The third-order valence-corrected chi connectivity index (χ3v) is 5.82. The van der Waals surface area contributed by atoms with E-state index in [1.165, 1.54) is 5.56 Å². The molecule has 2 heterocycles. The summed E-state index contributed by atoms with van der Waals surface area (Å²) in [5.74, 6) is 0.556. The number of carboxylic acids is 1. The van der Waals surface area contributed by atoms with Gasteiger partial charge in [0.25, 0.3) is 0 Å². The second-order valence-electron chi connectivity index (χ2n) is 7.89. The van der Waals surface area contributed by atoms with Crippen molar-refractivity contribution in [1.82, 2.24) is 4.98 Å². The van der Waals surface area contributed by atoms with E-state index >= 15 is 0 Å². The van der Waals surface area contributed by atoms with Crippen LogP contribution in [-0.2, 0) is 19.7 Å². The van der Waals surface area contributed by atoms with Crippen LogP contribution >= 0.6 is 0 Å². The Bertz CT molecular complexity index is 800.